The molecule has 4 heteroatoms. The van der Waals surface area contributed by atoms with Crippen LogP contribution in [0.25, 0.3) is 0 Å². The predicted octanol–water partition coefficient (Wildman–Crippen LogP) is 3.41. The summed E-state index contributed by atoms with van der Waals surface area (Å²) in [6.45, 7) is 7.02. The lowest BCUT2D eigenvalue weighted by molar-refractivity contribution is 0.212. The average Bonchev–Trinajstić information content (AvgIpc) is 2.70. The molecule has 1 aliphatic rings. The molecule has 3 nitrogen and oxygen atoms in total. The maximum absolute atomic E-state index is 3.91. The van der Waals surface area contributed by atoms with E-state index < -0.39 is 0 Å². The largest absolute Gasteiger partial charge is 0.371 e. The highest BCUT2D eigenvalue weighted by Crippen LogP contribution is 2.35. The Kier molecular flexibility index (Phi) is 3.79. The molecule has 3 unspecified atom stereocenters. The zero-order chi connectivity index (χ0) is 11.5. The van der Waals surface area contributed by atoms with E-state index in [1.807, 2.05) is 6.20 Å². The third kappa shape index (κ3) is 2.73. The van der Waals surface area contributed by atoms with Gasteiger partial charge in [-0.15, -0.1) is 5.10 Å². The number of hydrogen-bond donors (Lipinski definition) is 1. The monoisotopic (exact) mass is 239 g/mol. The molecule has 1 N–H and O–H groups in total. The summed E-state index contributed by atoms with van der Waals surface area (Å²) >= 11 is 1.46. The van der Waals surface area contributed by atoms with Gasteiger partial charge in [0.1, 0.15) is 5.00 Å². The number of aromatic nitrogens is 2. The fourth-order valence-electron chi connectivity index (χ4n) is 2.78. The first kappa shape index (κ1) is 11.8. The van der Waals surface area contributed by atoms with Crippen molar-refractivity contribution in [1.29, 1.82) is 0 Å². The van der Waals surface area contributed by atoms with Gasteiger partial charge in [0.15, 0.2) is 0 Å². The van der Waals surface area contributed by atoms with E-state index in [2.05, 4.69) is 35.7 Å². The van der Waals surface area contributed by atoms with E-state index in [1.165, 1.54) is 30.8 Å². The molecule has 1 heterocycles. The topological polar surface area (TPSA) is 37.8 Å². The molecule has 90 valence electrons. The Labute approximate surface area is 102 Å². The molecule has 16 heavy (non-hydrogen) atoms. The second-order valence-electron chi connectivity index (χ2n) is 5.36. The van der Waals surface area contributed by atoms with E-state index in [4.69, 9.17) is 0 Å². The van der Waals surface area contributed by atoms with Crippen molar-refractivity contribution in [1.82, 2.24) is 9.59 Å². The standard InChI is InChI=1S/C12H21N3S/c1-8(2)10-5-4-9(3)6-11(10)14-12-7-13-15-16-12/h7-11,14H,4-6H2,1-3H3. The number of hydrogen-bond acceptors (Lipinski definition) is 4. The summed E-state index contributed by atoms with van der Waals surface area (Å²) in [5.41, 5.74) is 0. The highest BCUT2D eigenvalue weighted by Gasteiger charge is 2.30. The van der Waals surface area contributed by atoms with Crippen LogP contribution in [0, 0.1) is 17.8 Å². The van der Waals surface area contributed by atoms with Crippen molar-refractivity contribution in [2.24, 2.45) is 17.8 Å². The molecule has 1 fully saturated rings. The quantitative estimate of drug-likeness (QED) is 0.878. The molecule has 0 aliphatic heterocycles. The minimum Gasteiger partial charge on any atom is -0.371 e. The second-order valence-corrected chi connectivity index (χ2v) is 6.14. The van der Waals surface area contributed by atoms with Crippen LogP contribution in [0.15, 0.2) is 6.20 Å². The van der Waals surface area contributed by atoms with Crippen LogP contribution in [-0.2, 0) is 0 Å². The minimum absolute atomic E-state index is 0.603. The minimum atomic E-state index is 0.603. The van der Waals surface area contributed by atoms with Crippen LogP contribution in [0.3, 0.4) is 0 Å². The molecule has 1 aromatic heterocycles. The van der Waals surface area contributed by atoms with Gasteiger partial charge >= 0.3 is 0 Å². The smallest absolute Gasteiger partial charge is 0.130 e. The van der Waals surface area contributed by atoms with Gasteiger partial charge in [0, 0.05) is 17.6 Å². The van der Waals surface area contributed by atoms with Crippen LogP contribution in [0.2, 0.25) is 0 Å². The Morgan fingerprint density at radius 3 is 2.88 bits per heavy atom. The fourth-order valence-corrected chi connectivity index (χ4v) is 3.26. The van der Waals surface area contributed by atoms with Crippen molar-refractivity contribution < 1.29 is 0 Å². The van der Waals surface area contributed by atoms with Crippen LogP contribution < -0.4 is 5.32 Å². The Morgan fingerprint density at radius 1 is 1.44 bits per heavy atom. The zero-order valence-electron chi connectivity index (χ0n) is 10.3. The van der Waals surface area contributed by atoms with Crippen molar-refractivity contribution in [3.8, 4) is 0 Å². The van der Waals surface area contributed by atoms with E-state index >= 15 is 0 Å². The van der Waals surface area contributed by atoms with E-state index in [1.54, 1.807) is 0 Å². The Hall–Kier alpha value is -0.640. The number of nitrogens with one attached hydrogen (secondary N) is 1. The third-order valence-electron chi connectivity index (χ3n) is 3.71. The van der Waals surface area contributed by atoms with Crippen molar-refractivity contribution in [3.05, 3.63) is 6.20 Å². The molecule has 0 bridgehead atoms. The molecular formula is C12H21N3S. The number of anilines is 1. The third-order valence-corrected chi connectivity index (χ3v) is 4.31. The van der Waals surface area contributed by atoms with E-state index in [9.17, 15) is 0 Å². The SMILES string of the molecule is CC1CCC(C(C)C)C(Nc2cnns2)C1. The Bertz CT molecular complexity index is 310. The molecule has 1 saturated carbocycles. The van der Waals surface area contributed by atoms with Crippen molar-refractivity contribution >= 4 is 16.5 Å². The van der Waals surface area contributed by atoms with Crippen molar-refractivity contribution in [3.63, 3.8) is 0 Å². The van der Waals surface area contributed by atoms with Crippen LogP contribution >= 0.6 is 11.5 Å². The Morgan fingerprint density at radius 2 is 2.25 bits per heavy atom. The van der Waals surface area contributed by atoms with Gasteiger partial charge in [0.2, 0.25) is 0 Å². The van der Waals surface area contributed by atoms with Crippen LogP contribution in [0.4, 0.5) is 5.00 Å². The summed E-state index contributed by atoms with van der Waals surface area (Å²) in [6.07, 6.45) is 5.84. The van der Waals surface area contributed by atoms with E-state index in [0.29, 0.717) is 6.04 Å². The van der Waals surface area contributed by atoms with Crippen LogP contribution in [-0.4, -0.2) is 15.6 Å². The van der Waals surface area contributed by atoms with Gasteiger partial charge in [0.05, 0.1) is 6.20 Å². The molecule has 2 rings (SSSR count). The van der Waals surface area contributed by atoms with E-state index in [-0.39, 0.29) is 0 Å². The second kappa shape index (κ2) is 5.13. The van der Waals surface area contributed by atoms with Gasteiger partial charge in [0.25, 0.3) is 0 Å². The van der Waals surface area contributed by atoms with Gasteiger partial charge < -0.3 is 5.32 Å². The Balaban J connectivity index is 2.02. The van der Waals surface area contributed by atoms with Gasteiger partial charge in [-0.2, -0.15) is 0 Å². The van der Waals surface area contributed by atoms with Gasteiger partial charge in [-0.3, -0.25) is 0 Å². The predicted molar refractivity (Wildman–Crippen MR) is 68.7 cm³/mol. The zero-order valence-corrected chi connectivity index (χ0v) is 11.1. The summed E-state index contributed by atoms with van der Waals surface area (Å²) in [7, 11) is 0. The molecule has 0 amide bonds. The van der Waals surface area contributed by atoms with Crippen molar-refractivity contribution in [2.75, 3.05) is 5.32 Å². The first-order valence-electron chi connectivity index (χ1n) is 6.20. The molecule has 3 atom stereocenters. The summed E-state index contributed by atoms with van der Waals surface area (Å²) in [6, 6.07) is 0.603. The highest BCUT2D eigenvalue weighted by atomic mass is 32.1. The number of nitrogens with zero attached hydrogens (tertiary/aromatic N) is 2. The van der Waals surface area contributed by atoms with Gasteiger partial charge in [-0.05, 0) is 30.6 Å². The molecular weight excluding hydrogens is 218 g/mol. The first-order valence-corrected chi connectivity index (χ1v) is 6.98. The van der Waals surface area contributed by atoms with Crippen LogP contribution in [0.1, 0.15) is 40.0 Å². The molecule has 0 radical (unpaired) electrons. The average molecular weight is 239 g/mol. The normalized spacial score (nSPS) is 30.6. The molecule has 0 spiro atoms. The van der Waals surface area contributed by atoms with Crippen molar-refractivity contribution in [2.45, 2.75) is 46.1 Å². The fraction of sp³-hybridized carbons (Fsp3) is 0.833. The van der Waals surface area contributed by atoms with Crippen LogP contribution in [0.5, 0.6) is 0 Å². The van der Waals surface area contributed by atoms with Gasteiger partial charge in [-0.25, -0.2) is 0 Å². The summed E-state index contributed by atoms with van der Waals surface area (Å²) in [4.78, 5) is 0. The lowest BCUT2D eigenvalue weighted by atomic mass is 9.74. The molecule has 1 aliphatic carbocycles. The van der Waals surface area contributed by atoms with E-state index in [0.717, 1.165) is 22.8 Å². The number of rotatable bonds is 3. The summed E-state index contributed by atoms with van der Waals surface area (Å²) in [5, 5.41) is 8.61. The lowest BCUT2D eigenvalue weighted by Gasteiger charge is -2.37. The molecule has 0 saturated heterocycles. The summed E-state index contributed by atoms with van der Waals surface area (Å²) in [5.74, 6) is 2.39. The highest BCUT2D eigenvalue weighted by molar-refractivity contribution is 7.09. The maximum atomic E-state index is 3.91. The molecule has 0 aromatic carbocycles. The lowest BCUT2D eigenvalue weighted by Crippen LogP contribution is -2.37. The molecule has 1 aromatic rings. The summed E-state index contributed by atoms with van der Waals surface area (Å²) < 4.78 is 3.91. The van der Waals surface area contributed by atoms with Gasteiger partial charge in [-0.1, -0.05) is 31.7 Å². The maximum Gasteiger partial charge on any atom is 0.130 e. The first-order chi connectivity index (χ1) is 7.66.